The van der Waals surface area contributed by atoms with Crippen LogP contribution in [0.5, 0.6) is 5.75 Å². The smallest absolute Gasteiger partial charge is 0.119 e. The topological polar surface area (TPSA) is 9.23 Å². The number of benzene rings is 1. The zero-order chi connectivity index (χ0) is 23.8. The number of hydrogen-bond acceptors (Lipinski definition) is 1. The van der Waals surface area contributed by atoms with Gasteiger partial charge in [0.25, 0.3) is 0 Å². The zero-order valence-corrected chi connectivity index (χ0v) is 22.9. The van der Waals surface area contributed by atoms with Crippen LogP contribution < -0.4 is 4.74 Å². The van der Waals surface area contributed by atoms with Gasteiger partial charge in [-0.3, -0.25) is 0 Å². The van der Waals surface area contributed by atoms with Gasteiger partial charge in [0, 0.05) is 0 Å². The summed E-state index contributed by atoms with van der Waals surface area (Å²) >= 11 is 0. The van der Waals surface area contributed by atoms with Gasteiger partial charge in [-0.2, -0.15) is 0 Å². The van der Waals surface area contributed by atoms with Crippen molar-refractivity contribution in [3.05, 3.63) is 29.8 Å². The lowest BCUT2D eigenvalue weighted by Gasteiger charge is -2.38. The Morgan fingerprint density at radius 3 is 1.71 bits per heavy atom. The van der Waals surface area contributed by atoms with E-state index in [4.69, 9.17) is 4.74 Å². The molecule has 0 amide bonds. The van der Waals surface area contributed by atoms with E-state index in [1.165, 1.54) is 134 Å². The molecule has 1 aromatic carbocycles. The Morgan fingerprint density at radius 1 is 0.588 bits per heavy atom. The Kier molecular flexibility index (Phi) is 13.5. The van der Waals surface area contributed by atoms with Crippen molar-refractivity contribution < 1.29 is 4.74 Å². The van der Waals surface area contributed by atoms with Crippen LogP contribution in [-0.2, 0) is 6.42 Å². The highest BCUT2D eigenvalue weighted by Crippen LogP contribution is 2.43. The zero-order valence-electron chi connectivity index (χ0n) is 22.9. The maximum Gasteiger partial charge on any atom is 0.119 e. The second-order valence-electron chi connectivity index (χ2n) is 11.9. The molecule has 0 aliphatic heterocycles. The summed E-state index contributed by atoms with van der Waals surface area (Å²) in [5, 5.41) is 0. The fourth-order valence-electron chi connectivity index (χ4n) is 6.83. The monoisotopic (exact) mass is 468 g/mol. The van der Waals surface area contributed by atoms with Crippen molar-refractivity contribution in [1.29, 1.82) is 0 Å². The van der Waals surface area contributed by atoms with Gasteiger partial charge >= 0.3 is 0 Å². The summed E-state index contributed by atoms with van der Waals surface area (Å²) in [6.45, 7) is 5.50. The molecule has 2 saturated carbocycles. The normalized spacial score (nSPS) is 25.4. The summed E-state index contributed by atoms with van der Waals surface area (Å²) in [7, 11) is 0. The van der Waals surface area contributed by atoms with Crippen LogP contribution in [0.15, 0.2) is 24.3 Å². The molecule has 0 bridgehead atoms. The molecule has 2 fully saturated rings. The molecule has 1 aromatic rings. The molecular weight excluding hydrogens is 412 g/mol. The van der Waals surface area contributed by atoms with Crippen molar-refractivity contribution in [2.75, 3.05) is 6.61 Å². The fourth-order valence-corrected chi connectivity index (χ4v) is 6.83. The van der Waals surface area contributed by atoms with Crippen LogP contribution in [0.4, 0.5) is 0 Å². The average Bonchev–Trinajstić information content (AvgIpc) is 2.88. The van der Waals surface area contributed by atoms with E-state index in [0.717, 1.165) is 36.0 Å². The summed E-state index contributed by atoms with van der Waals surface area (Å²) in [4.78, 5) is 0. The molecule has 1 heteroatoms. The van der Waals surface area contributed by atoms with Crippen LogP contribution in [-0.4, -0.2) is 6.61 Å². The van der Waals surface area contributed by atoms with E-state index in [2.05, 4.69) is 38.1 Å². The van der Waals surface area contributed by atoms with Crippen molar-refractivity contribution in [3.63, 3.8) is 0 Å². The van der Waals surface area contributed by atoms with Crippen LogP contribution in [0, 0.1) is 23.7 Å². The lowest BCUT2D eigenvalue weighted by molar-refractivity contribution is 0.138. The van der Waals surface area contributed by atoms with Crippen molar-refractivity contribution >= 4 is 0 Å². The number of hydrogen-bond donors (Lipinski definition) is 0. The molecule has 0 heterocycles. The van der Waals surface area contributed by atoms with Gasteiger partial charge in [0.05, 0.1) is 6.61 Å². The van der Waals surface area contributed by atoms with Crippen molar-refractivity contribution in [2.45, 2.75) is 142 Å². The third kappa shape index (κ3) is 10.3. The van der Waals surface area contributed by atoms with E-state index in [9.17, 15) is 0 Å². The SMILES string of the molecule is CCCCCCCc1ccc(OCCCC2CCC([C@H]3CC[C@H](CCCCC)CC3)CC2)cc1. The van der Waals surface area contributed by atoms with E-state index in [0.29, 0.717) is 0 Å². The van der Waals surface area contributed by atoms with E-state index in [-0.39, 0.29) is 0 Å². The predicted octanol–water partition coefficient (Wildman–Crippen LogP) is 10.6. The minimum atomic E-state index is 0.887. The van der Waals surface area contributed by atoms with E-state index in [1.807, 2.05) is 0 Å². The number of aryl methyl sites for hydroxylation is 1. The van der Waals surface area contributed by atoms with Gasteiger partial charge in [0.15, 0.2) is 0 Å². The molecule has 34 heavy (non-hydrogen) atoms. The molecule has 3 rings (SSSR count). The molecule has 0 atom stereocenters. The van der Waals surface area contributed by atoms with Crippen molar-refractivity contribution in [3.8, 4) is 5.75 Å². The third-order valence-electron chi connectivity index (χ3n) is 9.18. The molecule has 0 spiro atoms. The highest BCUT2D eigenvalue weighted by molar-refractivity contribution is 5.27. The van der Waals surface area contributed by atoms with Crippen molar-refractivity contribution in [2.24, 2.45) is 23.7 Å². The maximum atomic E-state index is 6.07. The lowest BCUT2D eigenvalue weighted by atomic mass is 9.68. The fraction of sp³-hybridized carbons (Fsp3) is 0.818. The molecule has 0 saturated heterocycles. The molecule has 0 N–H and O–H groups in total. The van der Waals surface area contributed by atoms with Gasteiger partial charge in [0.1, 0.15) is 5.75 Å². The van der Waals surface area contributed by atoms with Gasteiger partial charge in [0.2, 0.25) is 0 Å². The second kappa shape index (κ2) is 16.6. The van der Waals surface area contributed by atoms with Crippen LogP contribution >= 0.6 is 0 Å². The molecule has 0 radical (unpaired) electrons. The minimum Gasteiger partial charge on any atom is -0.494 e. The molecular formula is C33H56O. The molecule has 194 valence electrons. The van der Waals surface area contributed by atoms with Gasteiger partial charge in [-0.15, -0.1) is 0 Å². The molecule has 0 unspecified atom stereocenters. The largest absolute Gasteiger partial charge is 0.494 e. The van der Waals surface area contributed by atoms with E-state index < -0.39 is 0 Å². The van der Waals surface area contributed by atoms with Crippen LogP contribution in [0.1, 0.15) is 141 Å². The minimum absolute atomic E-state index is 0.887. The Hall–Kier alpha value is -0.980. The van der Waals surface area contributed by atoms with Gasteiger partial charge < -0.3 is 4.74 Å². The first-order valence-electron chi connectivity index (χ1n) is 15.5. The number of rotatable bonds is 16. The van der Waals surface area contributed by atoms with Crippen LogP contribution in [0.2, 0.25) is 0 Å². The number of ether oxygens (including phenoxy) is 1. The third-order valence-corrected chi connectivity index (χ3v) is 9.18. The maximum absolute atomic E-state index is 6.07. The molecule has 1 nitrogen and oxygen atoms in total. The van der Waals surface area contributed by atoms with Crippen LogP contribution in [0.25, 0.3) is 0 Å². The summed E-state index contributed by atoms with van der Waals surface area (Å²) in [5.74, 6) is 5.19. The Balaban J connectivity index is 1.21. The summed E-state index contributed by atoms with van der Waals surface area (Å²) in [6, 6.07) is 8.92. The average molecular weight is 469 g/mol. The first-order valence-corrected chi connectivity index (χ1v) is 15.5. The first kappa shape index (κ1) is 27.6. The van der Waals surface area contributed by atoms with Crippen LogP contribution in [0.3, 0.4) is 0 Å². The molecule has 2 aliphatic carbocycles. The molecule has 2 aliphatic rings. The number of unbranched alkanes of at least 4 members (excludes halogenated alkanes) is 6. The van der Waals surface area contributed by atoms with E-state index >= 15 is 0 Å². The van der Waals surface area contributed by atoms with Gasteiger partial charge in [-0.1, -0.05) is 103 Å². The lowest BCUT2D eigenvalue weighted by Crippen LogP contribution is -2.26. The highest BCUT2D eigenvalue weighted by atomic mass is 16.5. The summed E-state index contributed by atoms with van der Waals surface area (Å²) < 4.78 is 6.07. The standard InChI is InChI=1S/C33H56O/c1-3-5-7-8-10-13-29-19-25-33(26-20-29)34-27-11-14-30-17-23-32(24-18-30)31-21-15-28(16-22-31)12-9-6-4-2/h19-20,25-26,28,30-32H,3-18,21-24,27H2,1-2H3/t28-,30?,31-,32?. The second-order valence-corrected chi connectivity index (χ2v) is 11.9. The highest BCUT2D eigenvalue weighted by Gasteiger charge is 2.30. The Bertz CT molecular complexity index is 604. The van der Waals surface area contributed by atoms with Gasteiger partial charge in [-0.25, -0.2) is 0 Å². The molecule has 0 aromatic heterocycles. The summed E-state index contributed by atoms with van der Waals surface area (Å²) in [5.41, 5.74) is 1.46. The van der Waals surface area contributed by atoms with Gasteiger partial charge in [-0.05, 0) is 92.7 Å². The predicted molar refractivity (Wildman–Crippen MR) is 149 cm³/mol. The Morgan fingerprint density at radius 2 is 1.12 bits per heavy atom. The summed E-state index contributed by atoms with van der Waals surface area (Å²) in [6.07, 6.45) is 28.5. The van der Waals surface area contributed by atoms with E-state index in [1.54, 1.807) is 0 Å². The quantitative estimate of drug-likeness (QED) is 0.219. The van der Waals surface area contributed by atoms with Crippen molar-refractivity contribution in [1.82, 2.24) is 0 Å². The first-order chi connectivity index (χ1) is 16.8. The Labute approximate surface area is 212 Å².